The van der Waals surface area contributed by atoms with Gasteiger partial charge in [-0.1, -0.05) is 72.8 Å². The Bertz CT molecular complexity index is 925. The zero-order valence-corrected chi connectivity index (χ0v) is 17.7. The van der Waals surface area contributed by atoms with E-state index in [9.17, 15) is 5.11 Å². The fraction of sp³-hybridized carbons (Fsp3) is 0.111. The molecule has 0 bridgehead atoms. The van der Waals surface area contributed by atoms with Gasteiger partial charge in [-0.25, -0.2) is 0 Å². The third-order valence-corrected chi connectivity index (χ3v) is 9.77. The van der Waals surface area contributed by atoms with Gasteiger partial charge in [0.05, 0.1) is 0 Å². The highest BCUT2D eigenvalue weighted by Crippen LogP contribution is 2.55. The van der Waals surface area contributed by atoms with Crippen LogP contribution in [0.4, 0.5) is 0 Å². The van der Waals surface area contributed by atoms with Gasteiger partial charge in [0.2, 0.25) is 0 Å². The first kappa shape index (κ1) is 20.3. The van der Waals surface area contributed by atoms with Crippen LogP contribution in [0.3, 0.4) is 0 Å². The summed E-state index contributed by atoms with van der Waals surface area (Å²) in [5.74, 6) is 0.777. The molecule has 0 saturated carbocycles. The number of benzene rings is 4. The molecule has 30 heavy (non-hydrogen) atoms. The molecule has 0 aliphatic heterocycles. The average molecular weight is 413 g/mol. The lowest BCUT2D eigenvalue weighted by atomic mass is 10.3. The Morgan fingerprint density at radius 1 is 0.567 bits per heavy atom. The van der Waals surface area contributed by atoms with Crippen molar-refractivity contribution in [1.82, 2.24) is 0 Å². The molecule has 0 radical (unpaired) electrons. The van der Waals surface area contributed by atoms with Crippen molar-refractivity contribution in [2.75, 3.05) is 12.8 Å². The van der Waals surface area contributed by atoms with Gasteiger partial charge in [0.25, 0.3) is 0 Å². The van der Waals surface area contributed by atoms with Crippen LogP contribution in [0.1, 0.15) is 0 Å². The summed E-state index contributed by atoms with van der Waals surface area (Å²) in [5.41, 5.74) is 0. The highest BCUT2D eigenvalue weighted by molar-refractivity contribution is 7.95. The Hall–Kier alpha value is -2.93. The predicted molar refractivity (Wildman–Crippen MR) is 128 cm³/mol. The monoisotopic (exact) mass is 413 g/mol. The van der Waals surface area contributed by atoms with Crippen LogP contribution in [0.5, 0.6) is 5.75 Å². The maximum Gasteiger partial charge on any atom is 0.123 e. The van der Waals surface area contributed by atoms with Gasteiger partial charge in [0.15, 0.2) is 0 Å². The van der Waals surface area contributed by atoms with Crippen molar-refractivity contribution < 1.29 is 9.84 Å². The fourth-order valence-electron chi connectivity index (χ4n) is 3.89. The number of aliphatic hydroxyl groups is 1. The van der Waals surface area contributed by atoms with E-state index in [0.717, 1.165) is 5.75 Å². The second-order valence-corrected chi connectivity index (χ2v) is 10.8. The highest BCUT2D eigenvalue weighted by Gasteiger charge is 2.46. The molecule has 0 spiro atoms. The molecule has 4 aromatic carbocycles. The Morgan fingerprint density at radius 2 is 0.933 bits per heavy atom. The molecule has 0 fully saturated rings. The first-order valence-electron chi connectivity index (χ1n) is 10.2. The van der Waals surface area contributed by atoms with E-state index in [1.54, 1.807) is 0 Å². The van der Waals surface area contributed by atoms with Crippen LogP contribution < -0.4 is 20.7 Å². The van der Waals surface area contributed by atoms with Crippen molar-refractivity contribution >= 4 is 23.2 Å². The Labute approximate surface area is 179 Å². The molecule has 0 amide bonds. The van der Waals surface area contributed by atoms with E-state index in [0.29, 0.717) is 6.16 Å². The van der Waals surface area contributed by atoms with Gasteiger partial charge in [-0.15, -0.1) is 0 Å². The number of ether oxygens (including phenoxy) is 1. The van der Waals surface area contributed by atoms with E-state index >= 15 is 0 Å². The first-order chi connectivity index (χ1) is 14.8. The van der Waals surface area contributed by atoms with Gasteiger partial charge >= 0.3 is 0 Å². The smallest absolute Gasteiger partial charge is 0.123 e. The van der Waals surface area contributed by atoms with Gasteiger partial charge in [0, 0.05) is 0 Å². The number of para-hydroxylation sites is 1. The van der Waals surface area contributed by atoms with Crippen molar-refractivity contribution in [3.8, 4) is 5.75 Å². The standard InChI is InChI=1S/C27H26O2P/c28-23(21-29-24-13-5-1-6-14-24)22-30(25-15-7-2-8-16-25,26-17-9-3-10-18-26)27-19-11-4-12-20-27/h1-20,23,28H,21-22H2/q+1/t23-/m0/s1. The van der Waals surface area contributed by atoms with Crippen LogP contribution >= 0.6 is 7.26 Å². The van der Waals surface area contributed by atoms with Crippen molar-refractivity contribution in [2.45, 2.75) is 6.10 Å². The van der Waals surface area contributed by atoms with Crippen molar-refractivity contribution in [3.05, 3.63) is 121 Å². The number of hydrogen-bond donors (Lipinski definition) is 1. The van der Waals surface area contributed by atoms with E-state index in [1.807, 2.05) is 48.5 Å². The summed E-state index contributed by atoms with van der Waals surface area (Å²) in [7, 11) is -2.06. The Kier molecular flexibility index (Phi) is 6.59. The SMILES string of the molecule is O[C@@H](COc1ccccc1)C[P+](c1ccccc1)(c1ccccc1)c1ccccc1. The largest absolute Gasteiger partial charge is 0.491 e. The minimum absolute atomic E-state index is 0.262. The summed E-state index contributed by atoms with van der Waals surface area (Å²) in [6, 6.07) is 41.5. The minimum Gasteiger partial charge on any atom is -0.491 e. The van der Waals surface area contributed by atoms with Gasteiger partial charge in [-0.2, -0.15) is 0 Å². The van der Waals surface area contributed by atoms with Crippen molar-refractivity contribution in [2.24, 2.45) is 0 Å². The van der Waals surface area contributed by atoms with Gasteiger partial charge in [0.1, 0.15) is 47.8 Å². The third-order valence-electron chi connectivity index (χ3n) is 5.26. The Balaban J connectivity index is 1.74. The molecule has 150 valence electrons. The molecule has 0 heterocycles. The number of hydrogen-bond acceptors (Lipinski definition) is 2. The summed E-state index contributed by atoms with van der Waals surface area (Å²) in [6.45, 7) is 0.262. The lowest BCUT2D eigenvalue weighted by molar-refractivity contribution is 0.125. The molecule has 0 unspecified atom stereocenters. The van der Waals surface area contributed by atoms with Crippen LogP contribution in [-0.4, -0.2) is 24.0 Å². The molecule has 0 aliphatic rings. The topological polar surface area (TPSA) is 29.5 Å². The van der Waals surface area contributed by atoms with Crippen LogP contribution in [0.2, 0.25) is 0 Å². The molecular weight excluding hydrogens is 387 g/mol. The zero-order chi connectivity index (χ0) is 20.7. The van der Waals surface area contributed by atoms with E-state index < -0.39 is 13.4 Å². The fourth-order valence-corrected chi connectivity index (χ4v) is 8.20. The van der Waals surface area contributed by atoms with Crippen LogP contribution in [0.25, 0.3) is 0 Å². The molecular formula is C27H26O2P+. The molecule has 0 saturated heterocycles. The van der Waals surface area contributed by atoms with Crippen LogP contribution in [0.15, 0.2) is 121 Å². The molecule has 1 N–H and O–H groups in total. The predicted octanol–water partition coefficient (Wildman–Crippen LogP) is 4.42. The van der Waals surface area contributed by atoms with Gasteiger partial charge in [-0.05, 0) is 48.5 Å². The normalized spacial score (nSPS) is 12.3. The van der Waals surface area contributed by atoms with Crippen LogP contribution in [-0.2, 0) is 0 Å². The molecule has 3 heteroatoms. The number of aliphatic hydroxyl groups excluding tert-OH is 1. The van der Waals surface area contributed by atoms with Gasteiger partial charge < -0.3 is 9.84 Å². The Morgan fingerprint density at radius 3 is 1.33 bits per heavy atom. The summed E-state index contributed by atoms with van der Waals surface area (Å²) >= 11 is 0. The molecule has 4 aromatic rings. The lowest BCUT2D eigenvalue weighted by Gasteiger charge is -2.29. The summed E-state index contributed by atoms with van der Waals surface area (Å²) in [5, 5.41) is 14.9. The van der Waals surface area contributed by atoms with E-state index in [4.69, 9.17) is 4.74 Å². The van der Waals surface area contributed by atoms with E-state index in [2.05, 4.69) is 72.8 Å². The molecule has 1 atom stereocenters. The maximum atomic E-state index is 11.1. The zero-order valence-electron chi connectivity index (χ0n) is 16.8. The minimum atomic E-state index is -2.06. The molecule has 4 rings (SSSR count). The number of rotatable bonds is 8. The van der Waals surface area contributed by atoms with E-state index in [-0.39, 0.29) is 6.61 Å². The summed E-state index contributed by atoms with van der Waals surface area (Å²) < 4.78 is 5.89. The van der Waals surface area contributed by atoms with Crippen LogP contribution in [0, 0.1) is 0 Å². The maximum absolute atomic E-state index is 11.1. The second-order valence-electron chi connectivity index (χ2n) is 7.28. The second kappa shape index (κ2) is 9.71. The third kappa shape index (κ3) is 4.46. The molecule has 0 aromatic heterocycles. The lowest BCUT2D eigenvalue weighted by Crippen LogP contribution is -2.38. The molecule has 2 nitrogen and oxygen atoms in total. The van der Waals surface area contributed by atoms with Crippen molar-refractivity contribution in [1.29, 1.82) is 0 Å². The van der Waals surface area contributed by atoms with Crippen molar-refractivity contribution in [3.63, 3.8) is 0 Å². The summed E-state index contributed by atoms with van der Waals surface area (Å²) in [4.78, 5) is 0. The van der Waals surface area contributed by atoms with E-state index in [1.165, 1.54) is 15.9 Å². The first-order valence-corrected chi connectivity index (χ1v) is 12.2. The molecule has 0 aliphatic carbocycles. The quantitative estimate of drug-likeness (QED) is 0.434. The highest BCUT2D eigenvalue weighted by atomic mass is 31.2. The average Bonchev–Trinajstić information content (AvgIpc) is 2.83. The summed E-state index contributed by atoms with van der Waals surface area (Å²) in [6.07, 6.45) is 0.0249. The van der Waals surface area contributed by atoms with Gasteiger partial charge in [-0.3, -0.25) is 0 Å².